The van der Waals surface area contributed by atoms with E-state index in [1.165, 1.54) is 16.2 Å². The van der Waals surface area contributed by atoms with E-state index in [1.807, 2.05) is 17.5 Å². The number of hydrogen-bond acceptors (Lipinski definition) is 5. The van der Waals surface area contributed by atoms with E-state index >= 15 is 0 Å². The van der Waals surface area contributed by atoms with Crippen molar-refractivity contribution in [1.82, 2.24) is 25.0 Å². The van der Waals surface area contributed by atoms with E-state index in [0.29, 0.717) is 15.7 Å². The van der Waals surface area contributed by atoms with Crippen LogP contribution in [0.15, 0.2) is 41.9 Å². The van der Waals surface area contributed by atoms with Gasteiger partial charge in [0, 0.05) is 29.2 Å². The molecule has 0 bridgehead atoms. The molecule has 1 aliphatic rings. The Morgan fingerprint density at radius 1 is 1.23 bits per heavy atom. The van der Waals surface area contributed by atoms with E-state index in [9.17, 15) is 9.59 Å². The summed E-state index contributed by atoms with van der Waals surface area (Å²) in [4.78, 5) is 30.5. The van der Waals surface area contributed by atoms with Crippen LogP contribution in [-0.2, 0) is 18.4 Å². The molecule has 7 nitrogen and oxygen atoms in total. The normalized spacial score (nSPS) is 17.0. The number of carbonyl (C=O) groups excluding carboxylic acids is 2. The summed E-state index contributed by atoms with van der Waals surface area (Å²) < 4.78 is 1.59. The van der Waals surface area contributed by atoms with Gasteiger partial charge in [-0.05, 0) is 18.2 Å². The van der Waals surface area contributed by atoms with Crippen LogP contribution in [0.25, 0.3) is 11.3 Å². The lowest BCUT2D eigenvalue weighted by Crippen LogP contribution is -2.30. The SMILES string of the molecule is Cn1ccc([C@H]2NC(=O)N(Cc3nc(-c4ccc(Cl)cc4)cs3)C2=O)n1. The molecule has 3 amide bonds. The maximum atomic E-state index is 12.6. The molecule has 26 heavy (non-hydrogen) atoms. The van der Waals surface area contributed by atoms with Gasteiger partial charge in [0.1, 0.15) is 5.01 Å². The summed E-state index contributed by atoms with van der Waals surface area (Å²) in [5.41, 5.74) is 2.24. The highest BCUT2D eigenvalue weighted by molar-refractivity contribution is 7.09. The van der Waals surface area contributed by atoms with Crippen molar-refractivity contribution < 1.29 is 9.59 Å². The van der Waals surface area contributed by atoms with Crippen LogP contribution in [0.3, 0.4) is 0 Å². The number of carbonyl (C=O) groups is 2. The number of nitrogens with one attached hydrogen (secondary N) is 1. The van der Waals surface area contributed by atoms with Gasteiger partial charge in [-0.3, -0.25) is 14.4 Å². The Morgan fingerprint density at radius 3 is 2.69 bits per heavy atom. The second-order valence-corrected chi connectivity index (χ2v) is 7.23. The zero-order valence-electron chi connectivity index (χ0n) is 13.7. The Balaban J connectivity index is 1.51. The summed E-state index contributed by atoms with van der Waals surface area (Å²) in [7, 11) is 1.76. The summed E-state index contributed by atoms with van der Waals surface area (Å²) >= 11 is 7.31. The number of imide groups is 1. The van der Waals surface area contributed by atoms with Gasteiger partial charge in [0.05, 0.1) is 17.9 Å². The number of amides is 3. The number of thiazole rings is 1. The van der Waals surface area contributed by atoms with Gasteiger partial charge in [0.15, 0.2) is 6.04 Å². The van der Waals surface area contributed by atoms with Gasteiger partial charge in [0.2, 0.25) is 0 Å². The molecule has 0 unspecified atom stereocenters. The molecule has 1 saturated heterocycles. The Morgan fingerprint density at radius 2 is 2.00 bits per heavy atom. The zero-order valence-corrected chi connectivity index (χ0v) is 15.3. The van der Waals surface area contributed by atoms with Crippen LogP contribution >= 0.6 is 22.9 Å². The minimum atomic E-state index is -0.751. The van der Waals surface area contributed by atoms with Crippen molar-refractivity contribution in [3.8, 4) is 11.3 Å². The molecule has 2 aromatic heterocycles. The standard InChI is InChI=1S/C17H14ClN5O2S/c1-22-7-6-12(21-22)15-16(24)23(17(25)20-15)8-14-19-13(9-26-14)10-2-4-11(18)5-3-10/h2-7,9,15H,8H2,1H3,(H,20,25)/t15-/m1/s1. The fraction of sp³-hybridized carbons (Fsp3) is 0.176. The average Bonchev–Trinajstić information content (AvgIpc) is 3.32. The zero-order chi connectivity index (χ0) is 18.3. The van der Waals surface area contributed by atoms with E-state index in [-0.39, 0.29) is 12.5 Å². The molecule has 4 rings (SSSR count). The molecule has 3 heterocycles. The van der Waals surface area contributed by atoms with Crippen molar-refractivity contribution in [1.29, 1.82) is 0 Å². The maximum Gasteiger partial charge on any atom is 0.325 e. The monoisotopic (exact) mass is 387 g/mol. The smallest absolute Gasteiger partial charge is 0.320 e. The first kappa shape index (κ1) is 16.7. The fourth-order valence-corrected chi connectivity index (χ4v) is 3.65. The van der Waals surface area contributed by atoms with Crippen molar-refractivity contribution in [2.45, 2.75) is 12.6 Å². The second-order valence-electron chi connectivity index (χ2n) is 5.85. The summed E-state index contributed by atoms with van der Waals surface area (Å²) in [5, 5.41) is 10.1. The predicted octanol–water partition coefficient (Wildman–Crippen LogP) is 2.99. The van der Waals surface area contributed by atoms with Crippen LogP contribution < -0.4 is 5.32 Å². The van der Waals surface area contributed by atoms with Gasteiger partial charge in [-0.1, -0.05) is 23.7 Å². The van der Waals surface area contributed by atoms with Gasteiger partial charge in [-0.15, -0.1) is 11.3 Å². The number of rotatable bonds is 4. The summed E-state index contributed by atoms with van der Waals surface area (Å²) in [6.07, 6.45) is 1.73. The van der Waals surface area contributed by atoms with Gasteiger partial charge >= 0.3 is 6.03 Å². The van der Waals surface area contributed by atoms with Crippen LogP contribution in [0.2, 0.25) is 5.02 Å². The molecule has 1 atom stereocenters. The van der Waals surface area contributed by atoms with Crippen LogP contribution in [-0.4, -0.2) is 31.6 Å². The molecule has 0 aliphatic carbocycles. The third kappa shape index (κ3) is 3.09. The van der Waals surface area contributed by atoms with Crippen molar-refractivity contribution in [3.05, 3.63) is 57.6 Å². The number of halogens is 1. The number of aryl methyl sites for hydroxylation is 1. The van der Waals surface area contributed by atoms with Crippen LogP contribution in [0.1, 0.15) is 16.7 Å². The lowest BCUT2D eigenvalue weighted by Gasteiger charge is -2.10. The maximum absolute atomic E-state index is 12.6. The van der Waals surface area contributed by atoms with Crippen molar-refractivity contribution in [2.75, 3.05) is 0 Å². The highest BCUT2D eigenvalue weighted by atomic mass is 35.5. The minimum Gasteiger partial charge on any atom is -0.320 e. The Hall–Kier alpha value is -2.71. The number of hydrogen-bond donors (Lipinski definition) is 1. The molecule has 1 fully saturated rings. The molecule has 0 spiro atoms. The summed E-state index contributed by atoms with van der Waals surface area (Å²) in [6, 6.07) is 7.88. The first-order valence-electron chi connectivity index (χ1n) is 7.83. The Kier molecular flexibility index (Phi) is 4.21. The van der Waals surface area contributed by atoms with E-state index in [1.54, 1.807) is 36.1 Å². The van der Waals surface area contributed by atoms with E-state index in [2.05, 4.69) is 15.4 Å². The quantitative estimate of drug-likeness (QED) is 0.698. The summed E-state index contributed by atoms with van der Waals surface area (Å²) in [5.74, 6) is -0.322. The number of urea groups is 1. The van der Waals surface area contributed by atoms with Gasteiger partial charge in [-0.2, -0.15) is 5.10 Å². The highest BCUT2D eigenvalue weighted by Crippen LogP contribution is 2.26. The molecule has 0 saturated carbocycles. The lowest BCUT2D eigenvalue weighted by atomic mass is 10.2. The molecule has 1 aliphatic heterocycles. The van der Waals surface area contributed by atoms with E-state index in [0.717, 1.165) is 11.3 Å². The van der Waals surface area contributed by atoms with Crippen molar-refractivity contribution >= 4 is 34.9 Å². The first-order valence-corrected chi connectivity index (χ1v) is 9.09. The third-order valence-electron chi connectivity index (χ3n) is 4.04. The van der Waals surface area contributed by atoms with Crippen molar-refractivity contribution in [3.63, 3.8) is 0 Å². The lowest BCUT2D eigenvalue weighted by molar-refractivity contribution is -0.128. The molecule has 3 aromatic rings. The molecular formula is C17H14ClN5O2S. The van der Waals surface area contributed by atoms with Gasteiger partial charge in [-0.25, -0.2) is 9.78 Å². The Bertz CT molecular complexity index is 981. The van der Waals surface area contributed by atoms with Crippen LogP contribution in [0.5, 0.6) is 0 Å². The molecule has 9 heteroatoms. The van der Waals surface area contributed by atoms with Gasteiger partial charge < -0.3 is 5.32 Å². The molecule has 0 radical (unpaired) electrons. The molecular weight excluding hydrogens is 374 g/mol. The largest absolute Gasteiger partial charge is 0.325 e. The molecule has 1 aromatic carbocycles. The molecule has 132 valence electrons. The van der Waals surface area contributed by atoms with Gasteiger partial charge in [0.25, 0.3) is 5.91 Å². The van der Waals surface area contributed by atoms with Crippen molar-refractivity contribution in [2.24, 2.45) is 7.05 Å². The fourth-order valence-electron chi connectivity index (χ4n) is 2.73. The van der Waals surface area contributed by atoms with Crippen LogP contribution in [0, 0.1) is 0 Å². The van der Waals surface area contributed by atoms with E-state index in [4.69, 9.17) is 11.6 Å². The summed E-state index contributed by atoms with van der Waals surface area (Å²) in [6.45, 7) is 0.131. The predicted molar refractivity (Wildman–Crippen MR) is 97.6 cm³/mol. The highest BCUT2D eigenvalue weighted by Gasteiger charge is 2.40. The van der Waals surface area contributed by atoms with E-state index < -0.39 is 12.1 Å². The Labute approximate surface area is 158 Å². The second kappa shape index (κ2) is 6.54. The number of nitrogens with zero attached hydrogens (tertiary/aromatic N) is 4. The topological polar surface area (TPSA) is 80.1 Å². The third-order valence-corrected chi connectivity index (χ3v) is 5.13. The average molecular weight is 388 g/mol. The minimum absolute atomic E-state index is 0.131. The first-order chi connectivity index (χ1) is 12.5. The number of benzene rings is 1. The van der Waals surface area contributed by atoms with Crippen LogP contribution in [0.4, 0.5) is 4.79 Å². The molecule has 1 N–H and O–H groups in total. The number of aromatic nitrogens is 3.